The van der Waals surface area contributed by atoms with Crippen molar-refractivity contribution in [1.82, 2.24) is 10.6 Å². The molecule has 0 spiro atoms. The van der Waals surface area contributed by atoms with Crippen LogP contribution in [-0.2, 0) is 4.79 Å². The Bertz CT molecular complexity index is 272. The molecular weight excluding hydrogens is 214 g/mol. The molecule has 96 valence electrons. The Kier molecular flexibility index (Phi) is 6.64. The average molecular weight is 237 g/mol. The molecule has 1 aliphatic carbocycles. The molecule has 0 aromatic rings. The molecule has 0 radical (unpaired) electrons. The number of carbonyl (C=O) groups is 1. The lowest BCUT2D eigenvalue weighted by atomic mass is 9.84. The number of nitrogens with zero attached hydrogens (tertiary/aromatic N) is 1. The molecule has 0 heterocycles. The first-order valence-corrected chi connectivity index (χ1v) is 6.63. The molecule has 1 aliphatic rings. The van der Waals surface area contributed by atoms with Crippen molar-refractivity contribution >= 4 is 5.91 Å². The standard InChI is InChI=1S/C13H23N3O/c1-2-11-5-3-6-12(9-11)16-10-13(17)15-8-4-7-14/h11-12,16H,2-6,8-10H2,1H3,(H,15,17). The fourth-order valence-electron chi connectivity index (χ4n) is 2.40. The number of carbonyl (C=O) groups excluding carboxylic acids is 1. The highest BCUT2D eigenvalue weighted by molar-refractivity contribution is 5.77. The van der Waals surface area contributed by atoms with Gasteiger partial charge < -0.3 is 10.6 Å². The van der Waals surface area contributed by atoms with E-state index in [0.717, 1.165) is 5.92 Å². The molecule has 4 nitrogen and oxygen atoms in total. The predicted octanol–water partition coefficient (Wildman–Crippen LogP) is 1.57. The van der Waals surface area contributed by atoms with Crippen LogP contribution in [0.4, 0.5) is 0 Å². The van der Waals surface area contributed by atoms with Crippen LogP contribution >= 0.6 is 0 Å². The molecule has 0 aliphatic heterocycles. The highest BCUT2D eigenvalue weighted by atomic mass is 16.1. The van der Waals surface area contributed by atoms with E-state index in [0.29, 0.717) is 25.6 Å². The maximum Gasteiger partial charge on any atom is 0.233 e. The van der Waals surface area contributed by atoms with Crippen LogP contribution in [0.25, 0.3) is 0 Å². The van der Waals surface area contributed by atoms with Gasteiger partial charge in [0.1, 0.15) is 0 Å². The maximum atomic E-state index is 11.4. The summed E-state index contributed by atoms with van der Waals surface area (Å²) in [4.78, 5) is 11.4. The van der Waals surface area contributed by atoms with E-state index in [4.69, 9.17) is 5.26 Å². The van der Waals surface area contributed by atoms with Crippen molar-refractivity contribution in [3.05, 3.63) is 0 Å². The molecule has 0 bridgehead atoms. The lowest BCUT2D eigenvalue weighted by Crippen LogP contribution is -2.41. The molecule has 1 rings (SSSR count). The van der Waals surface area contributed by atoms with Gasteiger partial charge in [0.25, 0.3) is 0 Å². The van der Waals surface area contributed by atoms with Crippen molar-refractivity contribution in [1.29, 1.82) is 5.26 Å². The summed E-state index contributed by atoms with van der Waals surface area (Å²) < 4.78 is 0. The van der Waals surface area contributed by atoms with Gasteiger partial charge in [-0.15, -0.1) is 0 Å². The van der Waals surface area contributed by atoms with Gasteiger partial charge in [0, 0.05) is 12.6 Å². The third-order valence-corrected chi connectivity index (χ3v) is 3.47. The second-order valence-electron chi connectivity index (χ2n) is 4.78. The van der Waals surface area contributed by atoms with E-state index in [1.807, 2.05) is 6.07 Å². The number of nitriles is 1. The summed E-state index contributed by atoms with van der Waals surface area (Å²) in [5, 5.41) is 14.4. The molecular formula is C13H23N3O. The van der Waals surface area contributed by atoms with Gasteiger partial charge in [-0.05, 0) is 18.8 Å². The Morgan fingerprint density at radius 1 is 1.47 bits per heavy atom. The van der Waals surface area contributed by atoms with Gasteiger partial charge in [0.05, 0.1) is 19.0 Å². The lowest BCUT2D eigenvalue weighted by Gasteiger charge is -2.29. The van der Waals surface area contributed by atoms with Gasteiger partial charge >= 0.3 is 0 Å². The largest absolute Gasteiger partial charge is 0.354 e. The summed E-state index contributed by atoms with van der Waals surface area (Å²) in [5.41, 5.74) is 0. The van der Waals surface area contributed by atoms with E-state index in [2.05, 4.69) is 17.6 Å². The molecule has 0 aromatic carbocycles. The van der Waals surface area contributed by atoms with Crippen LogP contribution < -0.4 is 10.6 Å². The third-order valence-electron chi connectivity index (χ3n) is 3.47. The van der Waals surface area contributed by atoms with Crippen LogP contribution in [0.3, 0.4) is 0 Å². The summed E-state index contributed by atoms with van der Waals surface area (Å²) in [7, 11) is 0. The molecule has 2 unspecified atom stereocenters. The summed E-state index contributed by atoms with van der Waals surface area (Å²) >= 11 is 0. The highest BCUT2D eigenvalue weighted by Crippen LogP contribution is 2.26. The second kappa shape index (κ2) is 8.08. The van der Waals surface area contributed by atoms with Crippen molar-refractivity contribution < 1.29 is 4.79 Å². The van der Waals surface area contributed by atoms with Gasteiger partial charge in [-0.25, -0.2) is 0 Å². The van der Waals surface area contributed by atoms with E-state index in [-0.39, 0.29) is 5.91 Å². The zero-order valence-corrected chi connectivity index (χ0v) is 10.7. The minimum Gasteiger partial charge on any atom is -0.354 e. The average Bonchev–Trinajstić information content (AvgIpc) is 2.37. The summed E-state index contributed by atoms with van der Waals surface area (Å²) in [6.07, 6.45) is 6.61. The van der Waals surface area contributed by atoms with Crippen LogP contribution in [0.2, 0.25) is 0 Å². The topological polar surface area (TPSA) is 64.9 Å². The highest BCUT2D eigenvalue weighted by Gasteiger charge is 2.20. The van der Waals surface area contributed by atoms with Crippen molar-refractivity contribution in [2.75, 3.05) is 13.1 Å². The normalized spacial score (nSPS) is 24.0. The molecule has 17 heavy (non-hydrogen) atoms. The van der Waals surface area contributed by atoms with Crippen molar-refractivity contribution in [2.45, 2.75) is 51.5 Å². The quantitative estimate of drug-likeness (QED) is 0.689. The van der Waals surface area contributed by atoms with Crippen LogP contribution in [0.15, 0.2) is 0 Å². The Labute approximate surface area is 104 Å². The SMILES string of the molecule is CCC1CCCC(NCC(=O)NCCC#N)C1. The van der Waals surface area contributed by atoms with Gasteiger partial charge in [0.15, 0.2) is 0 Å². The number of amides is 1. The van der Waals surface area contributed by atoms with Gasteiger partial charge in [-0.1, -0.05) is 26.2 Å². The molecule has 2 N–H and O–H groups in total. The smallest absolute Gasteiger partial charge is 0.233 e. The zero-order chi connectivity index (χ0) is 12.5. The Balaban J connectivity index is 2.12. The Morgan fingerprint density at radius 2 is 2.29 bits per heavy atom. The second-order valence-corrected chi connectivity index (χ2v) is 4.78. The first kappa shape index (κ1) is 14.0. The van der Waals surface area contributed by atoms with Crippen LogP contribution in [0, 0.1) is 17.2 Å². The van der Waals surface area contributed by atoms with Gasteiger partial charge in [0.2, 0.25) is 5.91 Å². The summed E-state index contributed by atoms with van der Waals surface area (Å²) in [6, 6.07) is 2.50. The Morgan fingerprint density at radius 3 is 3.00 bits per heavy atom. The van der Waals surface area contributed by atoms with Crippen LogP contribution in [0.5, 0.6) is 0 Å². The first-order chi connectivity index (χ1) is 8.26. The Hall–Kier alpha value is -1.08. The van der Waals surface area contributed by atoms with Crippen molar-refractivity contribution in [3.63, 3.8) is 0 Å². The molecule has 1 fully saturated rings. The van der Waals surface area contributed by atoms with Gasteiger partial charge in [-0.2, -0.15) is 5.26 Å². The maximum absolute atomic E-state index is 11.4. The lowest BCUT2D eigenvalue weighted by molar-refractivity contribution is -0.120. The number of hydrogen-bond acceptors (Lipinski definition) is 3. The van der Waals surface area contributed by atoms with E-state index < -0.39 is 0 Å². The zero-order valence-electron chi connectivity index (χ0n) is 10.7. The fraction of sp³-hybridized carbons (Fsp3) is 0.846. The molecule has 2 atom stereocenters. The number of nitrogens with one attached hydrogen (secondary N) is 2. The van der Waals surface area contributed by atoms with E-state index in [9.17, 15) is 4.79 Å². The van der Waals surface area contributed by atoms with Crippen LogP contribution in [-0.4, -0.2) is 25.0 Å². The van der Waals surface area contributed by atoms with Crippen molar-refractivity contribution in [3.8, 4) is 6.07 Å². The van der Waals surface area contributed by atoms with Crippen LogP contribution in [0.1, 0.15) is 45.4 Å². The van der Waals surface area contributed by atoms with Crippen molar-refractivity contribution in [2.24, 2.45) is 5.92 Å². The van der Waals surface area contributed by atoms with Gasteiger partial charge in [-0.3, -0.25) is 4.79 Å². The minimum atomic E-state index is -0.00104. The third kappa shape index (κ3) is 5.69. The molecule has 0 saturated heterocycles. The fourth-order valence-corrected chi connectivity index (χ4v) is 2.40. The molecule has 1 amide bonds. The summed E-state index contributed by atoms with van der Waals surface area (Å²) in [5.74, 6) is 0.821. The molecule has 0 aromatic heterocycles. The molecule has 1 saturated carbocycles. The van der Waals surface area contributed by atoms with E-state index >= 15 is 0 Å². The minimum absolute atomic E-state index is 0.00104. The number of hydrogen-bond donors (Lipinski definition) is 2. The van der Waals surface area contributed by atoms with E-state index in [1.54, 1.807) is 0 Å². The van der Waals surface area contributed by atoms with E-state index in [1.165, 1.54) is 32.1 Å². The number of rotatable bonds is 6. The first-order valence-electron chi connectivity index (χ1n) is 6.63. The predicted molar refractivity (Wildman–Crippen MR) is 67.3 cm³/mol. The monoisotopic (exact) mass is 237 g/mol. The molecule has 4 heteroatoms. The summed E-state index contributed by atoms with van der Waals surface area (Å²) in [6.45, 7) is 3.08.